The maximum atomic E-state index is 13.3. The van der Waals surface area contributed by atoms with E-state index in [1.807, 2.05) is 39.5 Å². The van der Waals surface area contributed by atoms with Crippen molar-refractivity contribution in [3.63, 3.8) is 0 Å². The van der Waals surface area contributed by atoms with Crippen LogP contribution >= 0.6 is 0 Å². The molecule has 0 bridgehead atoms. The minimum Gasteiger partial charge on any atom is -0.291 e. The fourth-order valence-electron chi connectivity index (χ4n) is 2.19. The largest absolute Gasteiger partial charge is 0.291 e. The van der Waals surface area contributed by atoms with Crippen molar-refractivity contribution in [1.29, 1.82) is 0 Å². The van der Waals surface area contributed by atoms with Crippen molar-refractivity contribution in [3.8, 4) is 0 Å². The molecule has 0 aliphatic carbocycles. The number of hydrogen-bond acceptors (Lipinski definition) is 1. The average molecular weight is 205 g/mol. The monoisotopic (exact) mass is 205 g/mol. The van der Waals surface area contributed by atoms with Crippen LogP contribution in [0, 0.1) is 5.41 Å². The Morgan fingerprint density at radius 2 is 1.79 bits per heavy atom. The minimum absolute atomic E-state index is 0.00231. The predicted molar refractivity (Wildman–Crippen MR) is 54.6 cm³/mol. The Labute approximate surface area is 85.5 Å². The first-order valence-corrected chi connectivity index (χ1v) is 5.27. The zero-order chi connectivity index (χ0) is 11.1. The van der Waals surface area contributed by atoms with Gasteiger partial charge in [-0.15, -0.1) is 0 Å². The number of likely N-dealkylation sites (tertiary alicyclic amines) is 1. The van der Waals surface area contributed by atoms with Gasteiger partial charge in [0, 0.05) is 18.5 Å². The molecule has 1 saturated heterocycles. The van der Waals surface area contributed by atoms with Gasteiger partial charge in [0.05, 0.1) is 6.54 Å². The third-order valence-electron chi connectivity index (χ3n) is 2.97. The Balaban J connectivity index is 2.83. The summed E-state index contributed by atoms with van der Waals surface area (Å²) >= 11 is 0. The van der Waals surface area contributed by atoms with Gasteiger partial charge in [0.15, 0.2) is 0 Å². The summed E-state index contributed by atoms with van der Waals surface area (Å²) in [7, 11) is 0. The van der Waals surface area contributed by atoms with Crippen LogP contribution in [-0.4, -0.2) is 29.5 Å². The van der Waals surface area contributed by atoms with Crippen LogP contribution in [0.4, 0.5) is 8.78 Å². The zero-order valence-electron chi connectivity index (χ0n) is 9.77. The van der Waals surface area contributed by atoms with Gasteiger partial charge in [-0.25, -0.2) is 8.78 Å². The van der Waals surface area contributed by atoms with E-state index in [2.05, 4.69) is 0 Å². The third-order valence-corrected chi connectivity index (χ3v) is 2.97. The summed E-state index contributed by atoms with van der Waals surface area (Å²) in [6, 6.07) is 0.199. The molecule has 3 heteroatoms. The molecule has 1 nitrogen and oxygen atoms in total. The lowest BCUT2D eigenvalue weighted by Gasteiger charge is -2.36. The summed E-state index contributed by atoms with van der Waals surface area (Å²) in [5.41, 5.74) is -0.0653. The van der Waals surface area contributed by atoms with E-state index in [-0.39, 0.29) is 30.5 Å². The number of hydrogen-bond donors (Lipinski definition) is 0. The molecule has 0 amide bonds. The third kappa shape index (κ3) is 2.44. The Morgan fingerprint density at radius 3 is 2.07 bits per heavy atom. The minimum atomic E-state index is -2.50. The van der Waals surface area contributed by atoms with E-state index in [1.54, 1.807) is 0 Å². The Bertz CT molecular complexity index is 206. The first-order valence-electron chi connectivity index (χ1n) is 5.27. The lowest BCUT2D eigenvalue weighted by molar-refractivity contribution is 0.00909. The van der Waals surface area contributed by atoms with Crippen LogP contribution in [0.1, 0.15) is 41.0 Å². The molecule has 0 aromatic heterocycles. The molecule has 1 aliphatic rings. The topological polar surface area (TPSA) is 3.24 Å². The van der Waals surface area contributed by atoms with Gasteiger partial charge in [0.25, 0.3) is 5.92 Å². The molecule has 0 N–H and O–H groups in total. The molecule has 0 aromatic rings. The van der Waals surface area contributed by atoms with Gasteiger partial charge in [-0.2, -0.15) is 0 Å². The molecule has 0 saturated carbocycles. The number of nitrogens with zero attached hydrogens (tertiary/aromatic N) is 1. The summed E-state index contributed by atoms with van der Waals surface area (Å²) in [6.45, 7) is 10.0. The van der Waals surface area contributed by atoms with Crippen molar-refractivity contribution >= 4 is 0 Å². The van der Waals surface area contributed by atoms with Crippen LogP contribution in [0.25, 0.3) is 0 Å². The summed E-state index contributed by atoms with van der Waals surface area (Å²) in [4.78, 5) is 1.93. The average Bonchev–Trinajstić information content (AvgIpc) is 2.24. The van der Waals surface area contributed by atoms with Crippen LogP contribution in [0.5, 0.6) is 0 Å². The molecule has 84 valence electrons. The van der Waals surface area contributed by atoms with E-state index in [0.717, 1.165) is 0 Å². The zero-order valence-corrected chi connectivity index (χ0v) is 9.77. The van der Waals surface area contributed by atoms with E-state index < -0.39 is 5.92 Å². The number of alkyl halides is 2. The van der Waals surface area contributed by atoms with Crippen LogP contribution in [0.2, 0.25) is 0 Å². The fourth-order valence-corrected chi connectivity index (χ4v) is 2.19. The van der Waals surface area contributed by atoms with Crippen LogP contribution < -0.4 is 0 Å². The summed E-state index contributed by atoms with van der Waals surface area (Å²) < 4.78 is 26.6. The van der Waals surface area contributed by atoms with E-state index in [4.69, 9.17) is 0 Å². The van der Waals surface area contributed by atoms with Crippen molar-refractivity contribution in [1.82, 2.24) is 4.90 Å². The highest BCUT2D eigenvalue weighted by molar-refractivity contribution is 4.97. The molecule has 0 aromatic carbocycles. The molecule has 1 fully saturated rings. The number of halogens is 2. The quantitative estimate of drug-likeness (QED) is 0.635. The van der Waals surface area contributed by atoms with E-state index >= 15 is 0 Å². The van der Waals surface area contributed by atoms with Crippen LogP contribution in [-0.2, 0) is 0 Å². The Kier molecular flexibility index (Phi) is 2.92. The first-order chi connectivity index (χ1) is 6.13. The van der Waals surface area contributed by atoms with Crippen molar-refractivity contribution < 1.29 is 8.78 Å². The molecule has 1 aliphatic heterocycles. The predicted octanol–water partition coefficient (Wildman–Crippen LogP) is 3.15. The highest BCUT2D eigenvalue weighted by Crippen LogP contribution is 2.41. The molecule has 1 heterocycles. The molecule has 1 unspecified atom stereocenters. The second-order valence-electron chi connectivity index (χ2n) is 5.71. The van der Waals surface area contributed by atoms with E-state index in [1.165, 1.54) is 0 Å². The second-order valence-corrected chi connectivity index (χ2v) is 5.71. The maximum absolute atomic E-state index is 13.3. The summed E-state index contributed by atoms with van der Waals surface area (Å²) in [5, 5.41) is 0. The molecular weight excluding hydrogens is 184 g/mol. The maximum Gasteiger partial charge on any atom is 0.262 e. The van der Waals surface area contributed by atoms with Crippen molar-refractivity contribution in [2.75, 3.05) is 6.54 Å². The van der Waals surface area contributed by atoms with Gasteiger partial charge in [-0.1, -0.05) is 20.8 Å². The molecule has 0 radical (unpaired) electrons. The van der Waals surface area contributed by atoms with Crippen LogP contribution in [0.15, 0.2) is 0 Å². The van der Waals surface area contributed by atoms with Crippen molar-refractivity contribution in [2.24, 2.45) is 5.41 Å². The normalized spacial score (nSPS) is 28.7. The molecule has 1 atom stereocenters. The highest BCUT2D eigenvalue weighted by Gasteiger charge is 2.49. The number of rotatable bonds is 1. The lowest BCUT2D eigenvalue weighted by atomic mass is 9.84. The van der Waals surface area contributed by atoms with Gasteiger partial charge in [-0.05, 0) is 19.3 Å². The van der Waals surface area contributed by atoms with Gasteiger partial charge in [-0.3, -0.25) is 4.90 Å². The van der Waals surface area contributed by atoms with Crippen molar-refractivity contribution in [2.45, 2.75) is 59.0 Å². The molecule has 1 rings (SSSR count). The highest BCUT2D eigenvalue weighted by atomic mass is 19.3. The summed E-state index contributed by atoms with van der Waals surface area (Å²) in [5.74, 6) is -2.50. The van der Waals surface area contributed by atoms with Gasteiger partial charge in [0.1, 0.15) is 0 Å². The van der Waals surface area contributed by atoms with E-state index in [0.29, 0.717) is 0 Å². The Hall–Kier alpha value is -0.180. The Morgan fingerprint density at radius 1 is 1.29 bits per heavy atom. The van der Waals surface area contributed by atoms with Crippen LogP contribution in [0.3, 0.4) is 0 Å². The first kappa shape index (κ1) is 11.9. The second kappa shape index (κ2) is 3.44. The smallest absolute Gasteiger partial charge is 0.262 e. The lowest BCUT2D eigenvalue weighted by Crippen LogP contribution is -2.43. The van der Waals surface area contributed by atoms with Gasteiger partial charge < -0.3 is 0 Å². The standard InChI is InChI=1S/C11H21F2N/c1-8(2)14-7-11(12,13)6-9(14)10(3,4)5/h8-9H,6-7H2,1-5H3. The van der Waals surface area contributed by atoms with E-state index in [9.17, 15) is 8.78 Å². The molecular formula is C11H21F2N. The molecule has 0 spiro atoms. The fraction of sp³-hybridized carbons (Fsp3) is 1.00. The SMILES string of the molecule is CC(C)N1CC(F)(F)CC1C(C)(C)C. The molecule has 14 heavy (non-hydrogen) atoms. The van der Waals surface area contributed by atoms with Gasteiger partial charge in [0.2, 0.25) is 0 Å². The summed E-state index contributed by atoms with van der Waals surface area (Å²) in [6.07, 6.45) is 0.00861. The van der Waals surface area contributed by atoms with Crippen molar-refractivity contribution in [3.05, 3.63) is 0 Å². The van der Waals surface area contributed by atoms with Gasteiger partial charge >= 0.3 is 0 Å².